The number of amides is 2. The van der Waals surface area contributed by atoms with E-state index in [9.17, 15) is 9.59 Å². The number of rotatable bonds is 1. The molecule has 7 heteroatoms. The highest BCUT2D eigenvalue weighted by molar-refractivity contribution is 6.35. The monoisotopic (exact) mass is 554 g/mol. The zero-order chi connectivity index (χ0) is 27.4. The fourth-order valence-electron chi connectivity index (χ4n) is 7.79. The first-order valence-electron chi connectivity index (χ1n) is 14.9. The highest BCUT2D eigenvalue weighted by Gasteiger charge is 2.46. The molecule has 4 heterocycles. The number of urea groups is 1. The number of likely N-dealkylation sites (tertiary alicyclic amines) is 2. The largest absolute Gasteiger partial charge is 0.325 e. The van der Waals surface area contributed by atoms with Crippen molar-refractivity contribution in [3.8, 4) is 18.0 Å². The molecule has 0 bridgehead atoms. The van der Waals surface area contributed by atoms with Gasteiger partial charge in [-0.05, 0) is 73.8 Å². The molecule has 40 heavy (non-hydrogen) atoms. The summed E-state index contributed by atoms with van der Waals surface area (Å²) in [6.07, 6.45) is 14.8. The molecule has 3 aliphatic heterocycles. The zero-order valence-electron chi connectivity index (χ0n) is 22.9. The summed E-state index contributed by atoms with van der Waals surface area (Å²) in [5.41, 5.74) is 4.13. The van der Waals surface area contributed by atoms with Crippen LogP contribution in [0.1, 0.15) is 80.7 Å². The van der Waals surface area contributed by atoms with E-state index in [0.717, 1.165) is 94.6 Å². The van der Waals surface area contributed by atoms with Crippen molar-refractivity contribution < 1.29 is 4.79 Å². The van der Waals surface area contributed by atoms with Crippen molar-refractivity contribution in [3.63, 3.8) is 0 Å². The maximum Gasteiger partial charge on any atom is 0.319 e. The van der Waals surface area contributed by atoms with E-state index in [1.165, 1.54) is 17.5 Å². The molecule has 0 unspecified atom stereocenters. The van der Waals surface area contributed by atoms with Crippen LogP contribution in [0.25, 0.3) is 16.6 Å². The summed E-state index contributed by atoms with van der Waals surface area (Å²) in [7, 11) is 0. The van der Waals surface area contributed by atoms with Gasteiger partial charge >= 0.3 is 6.03 Å². The lowest BCUT2D eigenvalue weighted by Crippen LogP contribution is -2.49. The molecule has 1 aliphatic carbocycles. The lowest BCUT2D eigenvalue weighted by molar-refractivity contribution is 0.127. The fourth-order valence-corrected chi connectivity index (χ4v) is 8.04. The third kappa shape index (κ3) is 3.96. The fraction of sp³-hybridized carbons (Fsp3) is 0.485. The molecule has 1 saturated carbocycles. The summed E-state index contributed by atoms with van der Waals surface area (Å²) in [5.74, 6) is 4.41. The number of piperidine rings is 2. The quantitative estimate of drug-likeness (QED) is 0.334. The van der Waals surface area contributed by atoms with Gasteiger partial charge < -0.3 is 9.80 Å². The Morgan fingerprint density at radius 1 is 0.975 bits per heavy atom. The minimum atomic E-state index is -0.231. The van der Waals surface area contributed by atoms with Crippen LogP contribution < -0.4 is 5.56 Å². The average Bonchev–Trinajstić information content (AvgIpc) is 3.25. The zero-order valence-corrected chi connectivity index (χ0v) is 23.6. The molecule has 1 spiro atoms. The van der Waals surface area contributed by atoms with E-state index in [1.807, 2.05) is 21.9 Å². The number of carbonyl (C=O) groups is 1. The number of terminal acetylenes is 1. The first-order valence-corrected chi connectivity index (χ1v) is 15.2. The van der Waals surface area contributed by atoms with Gasteiger partial charge in [0.05, 0.1) is 27.0 Å². The molecular formula is C33H35ClN4O2. The van der Waals surface area contributed by atoms with Crippen LogP contribution in [0.3, 0.4) is 0 Å². The van der Waals surface area contributed by atoms with Crippen LogP contribution in [0.2, 0.25) is 5.02 Å². The summed E-state index contributed by atoms with van der Waals surface area (Å²) in [6, 6.07) is 12.8. The Kier molecular flexibility index (Phi) is 6.39. The van der Waals surface area contributed by atoms with Gasteiger partial charge in [-0.15, -0.1) is 12.3 Å². The van der Waals surface area contributed by atoms with Gasteiger partial charge in [0.25, 0.3) is 5.56 Å². The van der Waals surface area contributed by atoms with E-state index in [1.54, 1.807) is 6.07 Å². The Labute approximate surface area is 240 Å². The van der Waals surface area contributed by atoms with Crippen molar-refractivity contribution in [3.05, 3.63) is 68.7 Å². The van der Waals surface area contributed by atoms with E-state index in [2.05, 4.69) is 28.7 Å². The second-order valence-corrected chi connectivity index (χ2v) is 12.5. The van der Waals surface area contributed by atoms with Crippen molar-refractivity contribution in [1.29, 1.82) is 0 Å². The summed E-state index contributed by atoms with van der Waals surface area (Å²) in [4.78, 5) is 35.1. The van der Waals surface area contributed by atoms with Gasteiger partial charge in [0, 0.05) is 32.1 Å². The molecule has 0 atom stereocenters. The van der Waals surface area contributed by atoms with Crippen LogP contribution in [-0.4, -0.2) is 51.6 Å². The minimum absolute atomic E-state index is 0.162. The number of hydrogen-bond donors (Lipinski definition) is 0. The molecule has 0 N–H and O–H groups in total. The van der Waals surface area contributed by atoms with Gasteiger partial charge in [-0.2, -0.15) is 4.98 Å². The molecule has 3 aromatic rings. The van der Waals surface area contributed by atoms with Crippen LogP contribution in [0, 0.1) is 18.3 Å². The maximum atomic E-state index is 13.2. The number of fused-ring (bicyclic) bond motifs is 7. The standard InChI is InChI=1S/C33H35ClN4O2/c1-2-22-11-17-36(18-12-22)32(40)37-19-13-23(14-20-37)24-9-10-25-28(21-24)38-27-8-6-7-26(34)29(27)30(39)35-31(38)33(25)15-4-3-5-16-33/h1,6-10,21-23H,3-5,11-20H2. The van der Waals surface area contributed by atoms with E-state index in [0.29, 0.717) is 22.2 Å². The lowest BCUT2D eigenvalue weighted by Gasteiger charge is -2.38. The first kappa shape index (κ1) is 25.7. The van der Waals surface area contributed by atoms with Crippen LogP contribution in [0.15, 0.2) is 41.2 Å². The van der Waals surface area contributed by atoms with Gasteiger partial charge in [-0.3, -0.25) is 9.36 Å². The molecular weight excluding hydrogens is 520 g/mol. The topological polar surface area (TPSA) is 58.4 Å². The van der Waals surface area contributed by atoms with Crippen LogP contribution >= 0.6 is 11.6 Å². The van der Waals surface area contributed by atoms with Gasteiger partial charge in [0.15, 0.2) is 0 Å². The molecule has 3 fully saturated rings. The molecule has 2 aromatic carbocycles. The lowest BCUT2D eigenvalue weighted by atomic mass is 9.69. The number of halogens is 1. The average molecular weight is 555 g/mol. The normalized spacial score (nSPS) is 20.9. The van der Waals surface area contributed by atoms with Crippen molar-refractivity contribution in [2.45, 2.75) is 69.1 Å². The minimum Gasteiger partial charge on any atom is -0.325 e. The summed E-state index contributed by atoms with van der Waals surface area (Å²) >= 11 is 6.53. The van der Waals surface area contributed by atoms with Crippen molar-refractivity contribution >= 4 is 28.5 Å². The Bertz CT molecular complexity index is 1580. The van der Waals surface area contributed by atoms with E-state index in [4.69, 9.17) is 23.0 Å². The molecule has 0 radical (unpaired) electrons. The third-order valence-electron chi connectivity index (χ3n) is 10.0. The summed E-state index contributed by atoms with van der Waals surface area (Å²) < 4.78 is 2.23. The molecule has 2 saturated heterocycles. The Morgan fingerprint density at radius 3 is 2.38 bits per heavy atom. The molecule has 4 aliphatic rings. The van der Waals surface area contributed by atoms with Gasteiger partial charge in [-0.1, -0.05) is 49.1 Å². The van der Waals surface area contributed by atoms with Gasteiger partial charge in [-0.25, -0.2) is 4.79 Å². The number of hydrogen-bond acceptors (Lipinski definition) is 3. The van der Waals surface area contributed by atoms with Crippen molar-refractivity contribution in [2.75, 3.05) is 26.2 Å². The second kappa shape index (κ2) is 9.96. The maximum absolute atomic E-state index is 13.2. The van der Waals surface area contributed by atoms with Gasteiger partial charge in [0.1, 0.15) is 5.82 Å². The molecule has 7 rings (SSSR count). The van der Waals surface area contributed by atoms with Crippen LogP contribution in [0.4, 0.5) is 4.79 Å². The van der Waals surface area contributed by atoms with E-state index >= 15 is 0 Å². The summed E-state index contributed by atoms with van der Waals surface area (Å²) in [5, 5.41) is 0.948. The number of nitrogens with zero attached hydrogens (tertiary/aromatic N) is 4. The molecule has 206 valence electrons. The molecule has 6 nitrogen and oxygen atoms in total. The van der Waals surface area contributed by atoms with E-state index < -0.39 is 0 Å². The Morgan fingerprint density at radius 2 is 1.68 bits per heavy atom. The predicted octanol–water partition coefficient (Wildman–Crippen LogP) is 6.25. The molecule has 1 aromatic heterocycles. The summed E-state index contributed by atoms with van der Waals surface area (Å²) in [6.45, 7) is 3.05. The van der Waals surface area contributed by atoms with E-state index in [-0.39, 0.29) is 17.0 Å². The smallest absolute Gasteiger partial charge is 0.319 e. The Balaban J connectivity index is 1.20. The first-order chi connectivity index (χ1) is 19.5. The predicted molar refractivity (Wildman–Crippen MR) is 158 cm³/mol. The molecule has 2 amide bonds. The van der Waals surface area contributed by atoms with Crippen LogP contribution in [-0.2, 0) is 5.41 Å². The van der Waals surface area contributed by atoms with Crippen molar-refractivity contribution in [1.82, 2.24) is 19.4 Å². The number of carbonyl (C=O) groups excluding carboxylic acids is 1. The van der Waals surface area contributed by atoms with Crippen LogP contribution in [0.5, 0.6) is 0 Å². The SMILES string of the molecule is C#CC1CCN(C(=O)N2CCC(c3ccc4c(c3)-n3c(nc(=O)c5c(Cl)cccc53)C43CCCCC3)CC2)CC1. The van der Waals surface area contributed by atoms with Crippen molar-refractivity contribution in [2.24, 2.45) is 5.92 Å². The van der Waals surface area contributed by atoms with Gasteiger partial charge in [0.2, 0.25) is 0 Å². The second-order valence-electron chi connectivity index (χ2n) is 12.1. The number of benzene rings is 2. The number of aromatic nitrogens is 2. The third-order valence-corrected chi connectivity index (χ3v) is 10.3. The Hall–Kier alpha value is -3.30. The highest BCUT2D eigenvalue weighted by atomic mass is 35.5. The highest BCUT2D eigenvalue weighted by Crippen LogP contribution is 2.52.